The maximum Gasteiger partial charge on any atom is 0.274 e. The fourth-order valence-electron chi connectivity index (χ4n) is 2.83. The van der Waals surface area contributed by atoms with E-state index < -0.39 is 32.4 Å². The molecule has 0 saturated heterocycles. The molecule has 0 spiro atoms. The average Bonchev–Trinajstić information content (AvgIpc) is 2.66. The minimum absolute atomic E-state index is 0.0445. The Morgan fingerprint density at radius 3 is 2.41 bits per heavy atom. The maximum atomic E-state index is 13.7. The molecule has 152 valence electrons. The van der Waals surface area contributed by atoms with Gasteiger partial charge in [0.05, 0.1) is 0 Å². The van der Waals surface area contributed by atoms with Crippen molar-refractivity contribution in [2.75, 3.05) is 6.26 Å². The van der Waals surface area contributed by atoms with Gasteiger partial charge in [0.25, 0.3) is 5.56 Å². The second-order valence-corrected chi connectivity index (χ2v) is 8.81. The number of nitrogens with zero attached hydrogens (tertiary/aromatic N) is 1. The van der Waals surface area contributed by atoms with Crippen molar-refractivity contribution in [3.8, 4) is 5.75 Å². The van der Waals surface area contributed by atoms with Crippen LogP contribution in [0, 0.1) is 11.6 Å². The van der Waals surface area contributed by atoms with Crippen LogP contribution in [0.15, 0.2) is 65.6 Å². The number of rotatable bonds is 6. The third kappa shape index (κ3) is 4.65. The van der Waals surface area contributed by atoms with E-state index in [1.54, 1.807) is 30.3 Å². The second-order valence-electron chi connectivity index (χ2n) is 6.32. The van der Waals surface area contributed by atoms with Gasteiger partial charge in [-0.25, -0.2) is 17.2 Å². The molecule has 1 unspecified atom stereocenters. The van der Waals surface area contributed by atoms with Gasteiger partial charge in [0.1, 0.15) is 29.0 Å². The predicted molar refractivity (Wildman–Crippen MR) is 106 cm³/mol. The number of sulfone groups is 1. The Labute approximate surface area is 171 Å². The van der Waals surface area contributed by atoms with Crippen LogP contribution in [-0.4, -0.2) is 19.2 Å². The molecule has 3 rings (SSSR count). The van der Waals surface area contributed by atoms with Gasteiger partial charge >= 0.3 is 0 Å². The highest BCUT2D eigenvalue weighted by atomic mass is 35.5. The van der Waals surface area contributed by atoms with Crippen molar-refractivity contribution in [1.29, 1.82) is 0 Å². The topological polar surface area (TPSA) is 65.4 Å². The molecule has 0 fully saturated rings. The first-order chi connectivity index (χ1) is 13.7. The predicted octanol–water partition coefficient (Wildman–Crippen LogP) is 3.95. The molecular formula is C20H16ClF2NO4S. The van der Waals surface area contributed by atoms with Gasteiger partial charge < -0.3 is 4.74 Å². The molecule has 0 N–H and O–H groups in total. The van der Waals surface area contributed by atoms with Crippen molar-refractivity contribution >= 4 is 21.4 Å². The average molecular weight is 440 g/mol. The summed E-state index contributed by atoms with van der Waals surface area (Å²) in [4.78, 5) is 12.7. The van der Waals surface area contributed by atoms with E-state index in [4.69, 9.17) is 16.3 Å². The standard InChI is InChI=1S/C20H16ClF2NO4S/c1-29(26,27)20(13-5-3-2-4-6-13)24-10-9-17(18(21)19(24)25)28-12-14-7-8-15(22)11-16(14)23/h2-11,20H,12H2,1H3. The number of halogens is 3. The summed E-state index contributed by atoms with van der Waals surface area (Å²) in [5.41, 5.74) is -0.303. The fraction of sp³-hybridized carbons (Fsp3) is 0.150. The first-order valence-corrected chi connectivity index (χ1v) is 10.7. The van der Waals surface area contributed by atoms with Crippen LogP contribution < -0.4 is 10.3 Å². The summed E-state index contributed by atoms with van der Waals surface area (Å²) in [6.07, 6.45) is 2.27. The largest absolute Gasteiger partial charge is 0.487 e. The minimum atomic E-state index is -3.71. The molecule has 1 atom stereocenters. The van der Waals surface area contributed by atoms with E-state index >= 15 is 0 Å². The minimum Gasteiger partial charge on any atom is -0.487 e. The number of hydrogen-bond donors (Lipinski definition) is 0. The highest BCUT2D eigenvalue weighted by Gasteiger charge is 2.27. The van der Waals surface area contributed by atoms with E-state index in [1.165, 1.54) is 18.3 Å². The third-order valence-corrected chi connectivity index (χ3v) is 5.82. The molecule has 2 aromatic carbocycles. The van der Waals surface area contributed by atoms with Gasteiger partial charge in [-0.2, -0.15) is 0 Å². The van der Waals surface area contributed by atoms with Gasteiger partial charge in [-0.05, 0) is 23.8 Å². The zero-order valence-corrected chi connectivity index (χ0v) is 16.8. The highest BCUT2D eigenvalue weighted by Crippen LogP contribution is 2.27. The zero-order chi connectivity index (χ0) is 21.2. The monoisotopic (exact) mass is 439 g/mol. The first kappa shape index (κ1) is 21.0. The lowest BCUT2D eigenvalue weighted by molar-refractivity contribution is 0.298. The number of ether oxygens (including phenoxy) is 1. The summed E-state index contributed by atoms with van der Waals surface area (Å²) in [6.45, 7) is -0.288. The molecule has 0 aliphatic heterocycles. The summed E-state index contributed by atoms with van der Waals surface area (Å²) >= 11 is 6.10. The van der Waals surface area contributed by atoms with Gasteiger partial charge in [0.2, 0.25) is 0 Å². The Balaban J connectivity index is 1.95. The van der Waals surface area contributed by atoms with Gasteiger partial charge in [-0.15, -0.1) is 0 Å². The number of benzene rings is 2. The van der Waals surface area contributed by atoms with Crippen LogP contribution in [0.3, 0.4) is 0 Å². The molecule has 0 radical (unpaired) electrons. The zero-order valence-electron chi connectivity index (χ0n) is 15.2. The molecule has 5 nitrogen and oxygen atoms in total. The van der Waals surface area contributed by atoms with Gasteiger partial charge in [-0.3, -0.25) is 9.36 Å². The lowest BCUT2D eigenvalue weighted by Crippen LogP contribution is -2.30. The quantitative estimate of drug-likeness (QED) is 0.583. The molecule has 3 aromatic rings. The van der Waals surface area contributed by atoms with Crippen LogP contribution >= 0.6 is 11.6 Å². The molecular weight excluding hydrogens is 424 g/mol. The molecule has 0 aliphatic carbocycles. The Morgan fingerprint density at radius 1 is 1.10 bits per heavy atom. The van der Waals surface area contributed by atoms with Gasteiger partial charge in [0, 0.05) is 24.1 Å². The smallest absolute Gasteiger partial charge is 0.274 e. The number of pyridine rings is 1. The van der Waals surface area contributed by atoms with Gasteiger partial charge in [0.15, 0.2) is 15.2 Å². The van der Waals surface area contributed by atoms with E-state index in [1.807, 2.05) is 0 Å². The highest BCUT2D eigenvalue weighted by molar-refractivity contribution is 7.90. The third-order valence-electron chi connectivity index (χ3n) is 4.17. The molecule has 29 heavy (non-hydrogen) atoms. The molecule has 0 saturated carbocycles. The van der Waals surface area contributed by atoms with Crippen molar-refractivity contribution in [2.45, 2.75) is 12.0 Å². The lowest BCUT2D eigenvalue weighted by atomic mass is 10.2. The molecule has 0 amide bonds. The summed E-state index contributed by atoms with van der Waals surface area (Å²) in [7, 11) is -3.71. The van der Waals surface area contributed by atoms with Crippen molar-refractivity contribution < 1.29 is 21.9 Å². The molecule has 0 bridgehead atoms. The van der Waals surface area contributed by atoms with Crippen LogP contribution in [0.25, 0.3) is 0 Å². The Kier molecular flexibility index (Phi) is 6.04. The SMILES string of the molecule is CS(=O)(=O)C(c1ccccc1)n1ccc(OCc2ccc(F)cc2F)c(Cl)c1=O. The number of aromatic nitrogens is 1. The van der Waals surface area contributed by atoms with E-state index in [9.17, 15) is 22.0 Å². The normalized spacial score (nSPS) is 12.6. The van der Waals surface area contributed by atoms with E-state index in [0.717, 1.165) is 23.0 Å². The lowest BCUT2D eigenvalue weighted by Gasteiger charge is -2.19. The first-order valence-electron chi connectivity index (χ1n) is 8.39. The summed E-state index contributed by atoms with van der Waals surface area (Å²) in [5.74, 6) is -1.56. The van der Waals surface area contributed by atoms with E-state index in [2.05, 4.69) is 0 Å². The summed E-state index contributed by atoms with van der Waals surface area (Å²) in [5, 5.41) is -1.61. The fourth-order valence-corrected chi connectivity index (χ4v) is 4.27. The molecule has 0 aliphatic rings. The van der Waals surface area contributed by atoms with E-state index in [0.29, 0.717) is 5.56 Å². The van der Waals surface area contributed by atoms with Crippen LogP contribution in [0.2, 0.25) is 5.02 Å². The van der Waals surface area contributed by atoms with Crippen molar-refractivity contribution in [2.24, 2.45) is 0 Å². The van der Waals surface area contributed by atoms with E-state index in [-0.39, 0.29) is 22.9 Å². The molecule has 1 heterocycles. The number of hydrogen-bond acceptors (Lipinski definition) is 4. The second kappa shape index (κ2) is 8.34. The molecule has 1 aromatic heterocycles. The summed E-state index contributed by atoms with van der Waals surface area (Å²) < 4.78 is 57.8. The van der Waals surface area contributed by atoms with Crippen LogP contribution in [-0.2, 0) is 16.4 Å². The molecule has 9 heteroatoms. The van der Waals surface area contributed by atoms with Crippen molar-refractivity contribution in [3.05, 3.63) is 98.9 Å². The maximum absolute atomic E-state index is 13.7. The Bertz CT molecular complexity index is 1200. The van der Waals surface area contributed by atoms with Gasteiger partial charge in [-0.1, -0.05) is 41.9 Å². The van der Waals surface area contributed by atoms with Crippen LogP contribution in [0.1, 0.15) is 16.5 Å². The van der Waals surface area contributed by atoms with Crippen molar-refractivity contribution in [3.63, 3.8) is 0 Å². The Hall–Kier alpha value is -2.71. The Morgan fingerprint density at radius 2 is 1.79 bits per heavy atom. The summed E-state index contributed by atoms with van der Waals surface area (Å²) in [6, 6.07) is 12.6. The van der Waals surface area contributed by atoms with Crippen LogP contribution in [0.5, 0.6) is 5.75 Å². The van der Waals surface area contributed by atoms with Crippen LogP contribution in [0.4, 0.5) is 8.78 Å². The van der Waals surface area contributed by atoms with Crippen molar-refractivity contribution in [1.82, 2.24) is 4.57 Å².